The number of rotatable bonds is 8. The highest BCUT2D eigenvalue weighted by Gasteiger charge is 2.37. The number of benzene rings is 1. The van der Waals surface area contributed by atoms with E-state index in [1.165, 1.54) is 11.1 Å². The molecule has 6 nitrogen and oxygen atoms in total. The number of hydrogen-bond donors (Lipinski definition) is 1. The number of carbonyl (C=O) groups is 2. The molecule has 2 atom stereocenters. The van der Waals surface area contributed by atoms with E-state index in [0.717, 1.165) is 5.56 Å². The molecule has 2 rings (SSSR count). The second kappa shape index (κ2) is 10.3. The van der Waals surface area contributed by atoms with E-state index >= 15 is 0 Å². The van der Waals surface area contributed by atoms with Crippen LogP contribution in [0.2, 0.25) is 0 Å². The smallest absolute Gasteiger partial charge is 0.410 e. The molecule has 0 aliphatic carbocycles. The van der Waals surface area contributed by atoms with Crippen LogP contribution in [0.25, 0.3) is 0 Å². The molecule has 1 N–H and O–H groups in total. The number of amides is 1. The molecule has 0 unspecified atom stereocenters. The van der Waals surface area contributed by atoms with Gasteiger partial charge in [-0.3, -0.25) is 14.7 Å². The van der Waals surface area contributed by atoms with Gasteiger partial charge < -0.3 is 9.84 Å². The van der Waals surface area contributed by atoms with Crippen LogP contribution in [0.15, 0.2) is 54.7 Å². The standard InChI is InChI=1S/C24H32N2O4/c1-17(2)15-20(22(28)21(27)19-13-9-10-14-25-19)26(23(29)30-24(3,4)5)16-18-11-7-6-8-12-18/h6-14,17,20,22,28H,15-16H2,1-5H3/t20-,22-/m0/s1. The number of aliphatic hydroxyl groups is 1. The van der Waals surface area contributed by atoms with Gasteiger partial charge in [-0.2, -0.15) is 0 Å². The maximum absolute atomic E-state index is 13.1. The Morgan fingerprint density at radius 3 is 2.23 bits per heavy atom. The number of nitrogens with zero attached hydrogens (tertiary/aromatic N) is 2. The van der Waals surface area contributed by atoms with Gasteiger partial charge >= 0.3 is 6.09 Å². The average molecular weight is 413 g/mol. The van der Waals surface area contributed by atoms with E-state index in [9.17, 15) is 14.7 Å². The van der Waals surface area contributed by atoms with Gasteiger partial charge in [0.15, 0.2) is 0 Å². The summed E-state index contributed by atoms with van der Waals surface area (Å²) in [6, 6.07) is 13.7. The normalized spacial score (nSPS) is 13.6. The number of ketones is 1. The Morgan fingerprint density at radius 2 is 1.70 bits per heavy atom. The zero-order valence-corrected chi connectivity index (χ0v) is 18.4. The summed E-state index contributed by atoms with van der Waals surface area (Å²) in [6.45, 7) is 9.57. The van der Waals surface area contributed by atoms with Crippen molar-refractivity contribution in [2.45, 2.75) is 65.3 Å². The topological polar surface area (TPSA) is 79.7 Å². The predicted octanol–water partition coefficient (Wildman–Crippen LogP) is 4.48. The molecule has 1 aromatic heterocycles. The first-order chi connectivity index (χ1) is 14.1. The molecule has 0 aliphatic rings. The highest BCUT2D eigenvalue weighted by atomic mass is 16.6. The third-order valence-electron chi connectivity index (χ3n) is 4.49. The van der Waals surface area contributed by atoms with Crippen LogP contribution in [0.1, 0.15) is 57.1 Å². The number of hydrogen-bond acceptors (Lipinski definition) is 5. The Hall–Kier alpha value is -2.73. The molecule has 2 aromatic rings. The van der Waals surface area contributed by atoms with Gasteiger partial charge in [-0.05, 0) is 50.8 Å². The van der Waals surface area contributed by atoms with E-state index in [-0.39, 0.29) is 18.2 Å². The highest BCUT2D eigenvalue weighted by Crippen LogP contribution is 2.23. The number of aliphatic hydroxyl groups excluding tert-OH is 1. The fraction of sp³-hybridized carbons (Fsp3) is 0.458. The molecular formula is C24H32N2O4. The maximum Gasteiger partial charge on any atom is 0.410 e. The Morgan fingerprint density at radius 1 is 1.07 bits per heavy atom. The molecule has 30 heavy (non-hydrogen) atoms. The minimum absolute atomic E-state index is 0.141. The SMILES string of the molecule is CC(C)C[C@@H]([C@H](O)C(=O)c1ccccn1)N(Cc1ccccc1)C(=O)OC(C)(C)C. The first-order valence-electron chi connectivity index (χ1n) is 10.3. The third-order valence-corrected chi connectivity index (χ3v) is 4.49. The number of aromatic nitrogens is 1. The first-order valence-corrected chi connectivity index (χ1v) is 10.3. The van der Waals surface area contributed by atoms with Crippen molar-refractivity contribution in [3.05, 3.63) is 66.0 Å². The lowest BCUT2D eigenvalue weighted by molar-refractivity contribution is -0.00914. The lowest BCUT2D eigenvalue weighted by atomic mass is 9.93. The molecule has 1 amide bonds. The molecule has 1 aromatic carbocycles. The van der Waals surface area contributed by atoms with Crippen LogP contribution in [-0.2, 0) is 11.3 Å². The summed E-state index contributed by atoms with van der Waals surface area (Å²) in [5.41, 5.74) is 0.349. The number of pyridine rings is 1. The summed E-state index contributed by atoms with van der Waals surface area (Å²) in [7, 11) is 0. The monoisotopic (exact) mass is 412 g/mol. The minimum Gasteiger partial charge on any atom is -0.444 e. The molecule has 0 saturated carbocycles. The maximum atomic E-state index is 13.1. The summed E-state index contributed by atoms with van der Waals surface area (Å²) in [6.07, 6.45) is -0.0397. The summed E-state index contributed by atoms with van der Waals surface area (Å²) in [5, 5.41) is 11.0. The van der Waals surface area contributed by atoms with Crippen LogP contribution >= 0.6 is 0 Å². The van der Waals surface area contributed by atoms with Crippen LogP contribution in [0.3, 0.4) is 0 Å². The number of carbonyl (C=O) groups excluding carboxylic acids is 2. The van der Waals surface area contributed by atoms with Crippen LogP contribution in [0.4, 0.5) is 4.79 Å². The van der Waals surface area contributed by atoms with Gasteiger partial charge in [-0.1, -0.05) is 50.2 Å². The van der Waals surface area contributed by atoms with Crippen molar-refractivity contribution >= 4 is 11.9 Å². The fourth-order valence-corrected chi connectivity index (χ4v) is 3.16. The van der Waals surface area contributed by atoms with Crippen molar-refractivity contribution in [3.8, 4) is 0 Å². The summed E-state index contributed by atoms with van der Waals surface area (Å²) in [4.78, 5) is 31.6. The molecular weight excluding hydrogens is 380 g/mol. The largest absolute Gasteiger partial charge is 0.444 e. The van der Waals surface area contributed by atoms with Crippen LogP contribution in [0.5, 0.6) is 0 Å². The Bertz CT molecular complexity index is 816. The second-order valence-corrected chi connectivity index (χ2v) is 8.81. The van der Waals surface area contributed by atoms with E-state index in [1.807, 2.05) is 44.2 Å². The van der Waals surface area contributed by atoms with E-state index in [4.69, 9.17) is 4.74 Å². The van der Waals surface area contributed by atoms with E-state index in [0.29, 0.717) is 6.42 Å². The summed E-state index contributed by atoms with van der Waals surface area (Å²) < 4.78 is 5.62. The zero-order chi connectivity index (χ0) is 22.3. The predicted molar refractivity (Wildman–Crippen MR) is 116 cm³/mol. The lowest BCUT2D eigenvalue weighted by Gasteiger charge is -2.36. The highest BCUT2D eigenvalue weighted by molar-refractivity contribution is 5.98. The minimum atomic E-state index is -1.42. The zero-order valence-electron chi connectivity index (χ0n) is 18.4. The van der Waals surface area contributed by atoms with Crippen LogP contribution in [0, 0.1) is 5.92 Å². The second-order valence-electron chi connectivity index (χ2n) is 8.81. The number of Topliss-reactive ketones (excluding diaryl/α,β-unsaturated/α-hetero) is 1. The lowest BCUT2D eigenvalue weighted by Crippen LogP contribution is -2.51. The van der Waals surface area contributed by atoms with Crippen LogP contribution < -0.4 is 0 Å². The molecule has 0 radical (unpaired) electrons. The quantitative estimate of drug-likeness (QED) is 0.647. The molecule has 0 bridgehead atoms. The van der Waals surface area contributed by atoms with Crippen molar-refractivity contribution in [1.29, 1.82) is 0 Å². The van der Waals surface area contributed by atoms with Gasteiger partial charge in [0.2, 0.25) is 5.78 Å². The van der Waals surface area contributed by atoms with Gasteiger partial charge in [-0.25, -0.2) is 4.79 Å². The van der Waals surface area contributed by atoms with Crippen molar-refractivity contribution < 1.29 is 19.4 Å². The van der Waals surface area contributed by atoms with E-state index < -0.39 is 29.6 Å². The Balaban J connectivity index is 2.40. The molecule has 0 spiro atoms. The van der Waals surface area contributed by atoms with Gasteiger partial charge in [0.05, 0.1) is 6.04 Å². The van der Waals surface area contributed by atoms with Gasteiger partial charge in [0, 0.05) is 12.7 Å². The van der Waals surface area contributed by atoms with Crippen molar-refractivity contribution in [2.24, 2.45) is 5.92 Å². The molecule has 162 valence electrons. The van der Waals surface area contributed by atoms with Crippen molar-refractivity contribution in [2.75, 3.05) is 0 Å². The van der Waals surface area contributed by atoms with E-state index in [2.05, 4.69) is 4.98 Å². The number of ether oxygens (including phenoxy) is 1. The molecule has 0 saturated heterocycles. The van der Waals surface area contributed by atoms with Gasteiger partial charge in [0.25, 0.3) is 0 Å². The Kier molecular flexibility index (Phi) is 8.12. The molecule has 0 fully saturated rings. The van der Waals surface area contributed by atoms with Gasteiger partial charge in [0.1, 0.15) is 17.4 Å². The molecule has 0 aliphatic heterocycles. The van der Waals surface area contributed by atoms with E-state index in [1.54, 1.807) is 39.0 Å². The van der Waals surface area contributed by atoms with Crippen molar-refractivity contribution in [3.63, 3.8) is 0 Å². The fourth-order valence-electron chi connectivity index (χ4n) is 3.16. The van der Waals surface area contributed by atoms with Crippen LogP contribution in [-0.4, -0.2) is 44.6 Å². The average Bonchev–Trinajstić information content (AvgIpc) is 2.69. The van der Waals surface area contributed by atoms with Crippen molar-refractivity contribution in [1.82, 2.24) is 9.88 Å². The first kappa shape index (κ1) is 23.5. The summed E-state index contributed by atoms with van der Waals surface area (Å²) >= 11 is 0. The van der Waals surface area contributed by atoms with Gasteiger partial charge in [-0.15, -0.1) is 0 Å². The summed E-state index contributed by atoms with van der Waals surface area (Å²) in [5.74, 6) is -0.371. The third kappa shape index (κ3) is 6.95. The Labute approximate surface area is 178 Å². The molecule has 6 heteroatoms. The molecule has 1 heterocycles.